The van der Waals surface area contributed by atoms with Crippen LogP contribution in [0, 0.1) is 0 Å². The summed E-state index contributed by atoms with van der Waals surface area (Å²) in [4.78, 5) is 16.4. The molecule has 0 bridgehead atoms. The van der Waals surface area contributed by atoms with Gasteiger partial charge in [0.25, 0.3) is 5.91 Å². The predicted molar refractivity (Wildman–Crippen MR) is 104 cm³/mol. The molecule has 1 saturated heterocycles. The molecule has 3 aromatic rings. The molecule has 1 aromatic heterocycles. The van der Waals surface area contributed by atoms with E-state index in [4.69, 9.17) is 12.2 Å². The number of carbonyl (C=O) groups excluding carboxylic acids is 1. The first-order chi connectivity index (χ1) is 12.0. The second-order valence-electron chi connectivity index (χ2n) is 7.09. The Bertz CT molecular complexity index is 1080. The number of fused-ring (bicyclic) bond motifs is 6. The van der Waals surface area contributed by atoms with E-state index in [-0.39, 0.29) is 18.0 Å². The molecule has 2 aliphatic heterocycles. The SMILES string of the molecule is CC1c2c(c3c4ccccc4ccc3n2C)CC2C(=O)N(C)C(=S)N21. The molecule has 0 aliphatic carbocycles. The van der Waals surface area contributed by atoms with Crippen molar-refractivity contribution in [2.24, 2.45) is 7.05 Å². The molecular weight excluding hydrogens is 330 g/mol. The highest BCUT2D eigenvalue weighted by atomic mass is 32.1. The zero-order valence-electron chi connectivity index (χ0n) is 14.5. The number of aromatic nitrogens is 1. The molecule has 0 spiro atoms. The van der Waals surface area contributed by atoms with E-state index in [0.717, 1.165) is 0 Å². The maximum absolute atomic E-state index is 12.7. The van der Waals surface area contributed by atoms with Gasteiger partial charge in [0.05, 0.1) is 6.04 Å². The third-order valence-electron chi connectivity index (χ3n) is 5.91. The zero-order valence-corrected chi connectivity index (χ0v) is 15.3. The fourth-order valence-electron chi connectivity index (χ4n) is 4.75. The first-order valence-corrected chi connectivity index (χ1v) is 9.00. The van der Waals surface area contributed by atoms with Crippen LogP contribution in [-0.2, 0) is 18.3 Å². The van der Waals surface area contributed by atoms with Crippen LogP contribution >= 0.6 is 12.2 Å². The maximum Gasteiger partial charge on any atom is 0.251 e. The number of thiocarbonyl (C=S) groups is 1. The van der Waals surface area contributed by atoms with Crippen molar-refractivity contribution >= 4 is 44.9 Å². The Morgan fingerprint density at radius 3 is 2.68 bits per heavy atom. The number of rotatable bonds is 0. The maximum atomic E-state index is 12.7. The normalized spacial score (nSPS) is 22.8. The van der Waals surface area contributed by atoms with Gasteiger partial charge in [-0.1, -0.05) is 30.3 Å². The average Bonchev–Trinajstić information content (AvgIpc) is 3.03. The van der Waals surface area contributed by atoms with Crippen molar-refractivity contribution in [1.29, 1.82) is 0 Å². The van der Waals surface area contributed by atoms with Crippen LogP contribution in [0.15, 0.2) is 36.4 Å². The summed E-state index contributed by atoms with van der Waals surface area (Å²) in [6.07, 6.45) is 0.717. The van der Waals surface area contributed by atoms with Crippen molar-refractivity contribution in [3.8, 4) is 0 Å². The van der Waals surface area contributed by atoms with Crippen molar-refractivity contribution < 1.29 is 4.79 Å². The number of likely N-dealkylation sites (N-methyl/N-ethyl adjacent to an activating group) is 1. The van der Waals surface area contributed by atoms with Gasteiger partial charge in [0.1, 0.15) is 6.04 Å². The summed E-state index contributed by atoms with van der Waals surface area (Å²) in [7, 11) is 3.91. The van der Waals surface area contributed by atoms with Gasteiger partial charge in [0.2, 0.25) is 0 Å². The summed E-state index contributed by atoms with van der Waals surface area (Å²) in [5.41, 5.74) is 3.80. The molecule has 0 radical (unpaired) electrons. The van der Waals surface area contributed by atoms with Crippen LogP contribution in [0.2, 0.25) is 0 Å². The van der Waals surface area contributed by atoms with E-state index < -0.39 is 0 Å². The Balaban J connectivity index is 1.85. The zero-order chi connectivity index (χ0) is 17.5. The minimum Gasteiger partial charge on any atom is -0.346 e. The van der Waals surface area contributed by atoms with E-state index in [0.29, 0.717) is 11.5 Å². The highest BCUT2D eigenvalue weighted by molar-refractivity contribution is 7.80. The van der Waals surface area contributed by atoms with E-state index in [2.05, 4.69) is 59.8 Å². The van der Waals surface area contributed by atoms with Crippen LogP contribution in [0.1, 0.15) is 24.2 Å². The van der Waals surface area contributed by atoms with Gasteiger partial charge >= 0.3 is 0 Å². The lowest BCUT2D eigenvalue weighted by molar-refractivity contribution is -0.127. The molecule has 126 valence electrons. The molecule has 0 saturated carbocycles. The molecule has 4 nitrogen and oxygen atoms in total. The highest BCUT2D eigenvalue weighted by Crippen LogP contribution is 2.43. The first-order valence-electron chi connectivity index (χ1n) is 8.59. The van der Waals surface area contributed by atoms with Crippen LogP contribution in [-0.4, -0.2) is 38.5 Å². The molecule has 2 aliphatic rings. The fraction of sp³-hybridized carbons (Fsp3) is 0.300. The Labute approximate surface area is 151 Å². The third-order valence-corrected chi connectivity index (χ3v) is 6.40. The minimum absolute atomic E-state index is 0.0892. The van der Waals surface area contributed by atoms with Gasteiger partial charge in [0.15, 0.2) is 5.11 Å². The summed E-state index contributed by atoms with van der Waals surface area (Å²) in [6, 6.07) is 12.8. The molecule has 5 rings (SSSR count). The summed E-state index contributed by atoms with van der Waals surface area (Å²) in [5, 5.41) is 4.43. The lowest BCUT2D eigenvalue weighted by Crippen LogP contribution is -2.43. The number of hydrogen-bond donors (Lipinski definition) is 0. The molecule has 2 atom stereocenters. The quantitative estimate of drug-likeness (QED) is 0.583. The number of nitrogens with zero attached hydrogens (tertiary/aromatic N) is 3. The highest BCUT2D eigenvalue weighted by Gasteiger charge is 2.47. The Hall–Kier alpha value is -2.40. The molecule has 3 heterocycles. The van der Waals surface area contributed by atoms with E-state index in [1.807, 2.05) is 0 Å². The molecule has 5 heteroatoms. The second-order valence-corrected chi connectivity index (χ2v) is 7.45. The van der Waals surface area contributed by atoms with E-state index in [1.165, 1.54) is 32.9 Å². The van der Waals surface area contributed by atoms with Crippen LogP contribution in [0.25, 0.3) is 21.7 Å². The Morgan fingerprint density at radius 1 is 1.12 bits per heavy atom. The standard InChI is InChI=1S/C20H19N3OS/c1-11-18-14(10-16-19(24)22(3)20(25)23(11)16)17-13-7-5-4-6-12(13)8-9-15(17)21(18)2/h4-9,11,16H,10H2,1-3H3. The minimum atomic E-state index is -0.176. The molecule has 25 heavy (non-hydrogen) atoms. The van der Waals surface area contributed by atoms with Crippen molar-refractivity contribution in [2.75, 3.05) is 7.05 Å². The molecule has 2 aromatic carbocycles. The van der Waals surface area contributed by atoms with Crippen LogP contribution in [0.3, 0.4) is 0 Å². The van der Waals surface area contributed by atoms with Crippen molar-refractivity contribution in [3.05, 3.63) is 47.7 Å². The number of benzene rings is 2. The molecule has 1 fully saturated rings. The third kappa shape index (κ3) is 1.71. The summed E-state index contributed by atoms with van der Waals surface area (Å²) in [5.74, 6) is 0.111. The van der Waals surface area contributed by atoms with Gasteiger partial charge in [-0.05, 0) is 41.5 Å². The topological polar surface area (TPSA) is 28.5 Å². The predicted octanol–water partition coefficient (Wildman–Crippen LogP) is 3.38. The van der Waals surface area contributed by atoms with Crippen molar-refractivity contribution in [2.45, 2.75) is 25.4 Å². The summed E-state index contributed by atoms with van der Waals surface area (Å²) in [6.45, 7) is 2.16. The average molecular weight is 349 g/mol. The molecule has 0 N–H and O–H groups in total. The van der Waals surface area contributed by atoms with E-state index >= 15 is 0 Å². The van der Waals surface area contributed by atoms with E-state index in [9.17, 15) is 4.79 Å². The fourth-order valence-corrected chi connectivity index (χ4v) is 5.12. The molecular formula is C20H19N3OS. The first kappa shape index (κ1) is 14.9. The van der Waals surface area contributed by atoms with Crippen LogP contribution in [0.4, 0.5) is 0 Å². The van der Waals surface area contributed by atoms with Gasteiger partial charge in [-0.3, -0.25) is 9.69 Å². The van der Waals surface area contributed by atoms with E-state index in [1.54, 1.807) is 11.9 Å². The smallest absolute Gasteiger partial charge is 0.251 e. The lowest BCUT2D eigenvalue weighted by atomic mass is 9.91. The Morgan fingerprint density at radius 2 is 1.88 bits per heavy atom. The molecule has 1 amide bonds. The van der Waals surface area contributed by atoms with Crippen LogP contribution < -0.4 is 0 Å². The second kappa shape index (κ2) is 4.82. The number of amides is 1. The number of aryl methyl sites for hydroxylation is 1. The number of hydrogen-bond acceptors (Lipinski definition) is 2. The summed E-state index contributed by atoms with van der Waals surface area (Å²) < 4.78 is 2.28. The van der Waals surface area contributed by atoms with Gasteiger partial charge in [-0.2, -0.15) is 0 Å². The van der Waals surface area contributed by atoms with Gasteiger partial charge in [-0.25, -0.2) is 0 Å². The number of carbonyl (C=O) groups is 1. The monoisotopic (exact) mass is 349 g/mol. The van der Waals surface area contributed by atoms with Gasteiger partial charge in [0, 0.05) is 37.1 Å². The van der Waals surface area contributed by atoms with Gasteiger partial charge < -0.3 is 9.47 Å². The van der Waals surface area contributed by atoms with Gasteiger partial charge in [-0.15, -0.1) is 0 Å². The molecule has 2 unspecified atom stereocenters. The van der Waals surface area contributed by atoms with Crippen molar-refractivity contribution in [1.82, 2.24) is 14.4 Å². The van der Waals surface area contributed by atoms with Crippen molar-refractivity contribution in [3.63, 3.8) is 0 Å². The Kier molecular flexibility index (Phi) is 2.87. The summed E-state index contributed by atoms with van der Waals surface area (Å²) >= 11 is 5.55. The van der Waals surface area contributed by atoms with Crippen LogP contribution in [0.5, 0.6) is 0 Å². The lowest BCUT2D eigenvalue weighted by Gasteiger charge is -2.35. The largest absolute Gasteiger partial charge is 0.346 e.